The Hall–Kier alpha value is -2.67. The van der Waals surface area contributed by atoms with Crippen LogP contribution in [-0.2, 0) is 0 Å². The molecule has 0 saturated carbocycles. The average Bonchev–Trinajstić information content (AvgIpc) is 2.52. The molecule has 2 aromatic carbocycles. The van der Waals surface area contributed by atoms with Gasteiger partial charge in [-0.15, -0.1) is 0 Å². The molecule has 24 heavy (non-hydrogen) atoms. The van der Waals surface area contributed by atoms with E-state index in [1.807, 2.05) is 0 Å². The maximum absolute atomic E-state index is 13.3. The van der Waals surface area contributed by atoms with Gasteiger partial charge < -0.3 is 5.32 Å². The zero-order valence-electron chi connectivity index (χ0n) is 11.8. The van der Waals surface area contributed by atoms with E-state index in [1.54, 1.807) is 0 Å². The zero-order valence-corrected chi connectivity index (χ0v) is 12.6. The van der Waals surface area contributed by atoms with Crippen LogP contribution in [0.3, 0.4) is 0 Å². The topological polar surface area (TPSA) is 37.8 Å². The van der Waals surface area contributed by atoms with Crippen molar-refractivity contribution >= 4 is 23.1 Å². The monoisotopic (exact) mass is 353 g/mol. The van der Waals surface area contributed by atoms with Gasteiger partial charge in [0, 0.05) is 29.4 Å². The molecule has 3 rings (SSSR count). The van der Waals surface area contributed by atoms with E-state index in [0.717, 1.165) is 12.1 Å². The van der Waals surface area contributed by atoms with Gasteiger partial charge in [0.05, 0.1) is 0 Å². The maximum atomic E-state index is 13.3. The molecular formula is C16H8ClF4N3. The molecule has 0 radical (unpaired) electrons. The Labute approximate surface area is 139 Å². The highest BCUT2D eigenvalue weighted by molar-refractivity contribution is 6.29. The second-order valence-corrected chi connectivity index (χ2v) is 5.17. The summed E-state index contributed by atoms with van der Waals surface area (Å²) in [6.07, 6.45) is 0. The lowest BCUT2D eigenvalue weighted by atomic mass is 10.2. The van der Waals surface area contributed by atoms with E-state index < -0.39 is 23.3 Å². The number of nitrogens with one attached hydrogen (secondary N) is 1. The molecule has 8 heteroatoms. The van der Waals surface area contributed by atoms with Gasteiger partial charge in [0.1, 0.15) is 16.8 Å². The molecule has 0 aliphatic rings. The lowest BCUT2D eigenvalue weighted by Crippen LogP contribution is -2.00. The van der Waals surface area contributed by atoms with Crippen molar-refractivity contribution in [2.75, 3.05) is 5.32 Å². The number of nitrogens with zero attached hydrogens (tertiary/aromatic N) is 2. The molecule has 1 aromatic heterocycles. The number of benzene rings is 2. The van der Waals surface area contributed by atoms with Crippen LogP contribution in [-0.4, -0.2) is 9.97 Å². The highest BCUT2D eigenvalue weighted by Crippen LogP contribution is 2.24. The first-order chi connectivity index (χ1) is 11.4. The van der Waals surface area contributed by atoms with Gasteiger partial charge in [-0.25, -0.2) is 27.5 Å². The Morgan fingerprint density at radius 1 is 0.833 bits per heavy atom. The van der Waals surface area contributed by atoms with Crippen LogP contribution in [0.4, 0.5) is 29.1 Å². The number of aromatic nitrogens is 2. The molecule has 0 aliphatic carbocycles. The SMILES string of the molecule is Fc1ccc(-c2nc(Cl)cc(Nc3cc(F)c(F)c(F)c3)n2)cc1. The Kier molecular flexibility index (Phi) is 4.35. The predicted octanol–water partition coefficient (Wildman–Crippen LogP) is 5.10. The molecule has 0 fully saturated rings. The van der Waals surface area contributed by atoms with Gasteiger partial charge in [-0.2, -0.15) is 0 Å². The van der Waals surface area contributed by atoms with Gasteiger partial charge in [0.2, 0.25) is 0 Å². The number of hydrogen-bond acceptors (Lipinski definition) is 3. The first-order valence-corrected chi connectivity index (χ1v) is 7.02. The number of halogens is 5. The third kappa shape index (κ3) is 3.46. The van der Waals surface area contributed by atoms with Crippen LogP contribution in [0.2, 0.25) is 5.15 Å². The van der Waals surface area contributed by atoms with Crippen LogP contribution in [0.25, 0.3) is 11.4 Å². The van der Waals surface area contributed by atoms with E-state index in [9.17, 15) is 17.6 Å². The third-order valence-corrected chi connectivity index (χ3v) is 3.25. The average molecular weight is 354 g/mol. The Balaban J connectivity index is 1.96. The minimum absolute atomic E-state index is 0.0498. The molecule has 0 atom stereocenters. The van der Waals surface area contributed by atoms with Crippen molar-refractivity contribution in [3.05, 3.63) is 70.9 Å². The minimum Gasteiger partial charge on any atom is -0.340 e. The van der Waals surface area contributed by atoms with Crippen molar-refractivity contribution in [1.29, 1.82) is 0 Å². The van der Waals surface area contributed by atoms with Crippen LogP contribution in [0.15, 0.2) is 42.5 Å². The van der Waals surface area contributed by atoms with Crippen LogP contribution >= 0.6 is 11.6 Å². The summed E-state index contributed by atoms with van der Waals surface area (Å²) in [5.41, 5.74) is 0.449. The van der Waals surface area contributed by atoms with Gasteiger partial charge in [-0.05, 0) is 24.3 Å². The summed E-state index contributed by atoms with van der Waals surface area (Å²) in [4.78, 5) is 8.15. The van der Waals surface area contributed by atoms with Gasteiger partial charge in [-0.3, -0.25) is 0 Å². The molecule has 3 aromatic rings. The summed E-state index contributed by atoms with van der Waals surface area (Å²) in [7, 11) is 0. The molecule has 3 nitrogen and oxygen atoms in total. The fraction of sp³-hybridized carbons (Fsp3) is 0. The number of anilines is 2. The molecular weight excluding hydrogens is 346 g/mol. The van der Waals surface area contributed by atoms with Crippen molar-refractivity contribution in [3.63, 3.8) is 0 Å². The van der Waals surface area contributed by atoms with Crippen molar-refractivity contribution < 1.29 is 17.6 Å². The summed E-state index contributed by atoms with van der Waals surface area (Å²) in [6.45, 7) is 0. The third-order valence-electron chi connectivity index (χ3n) is 3.05. The lowest BCUT2D eigenvalue weighted by Gasteiger charge is -2.09. The first-order valence-electron chi connectivity index (χ1n) is 6.64. The van der Waals surface area contributed by atoms with E-state index in [2.05, 4.69) is 15.3 Å². The Bertz CT molecular complexity index is 877. The molecule has 0 saturated heterocycles. The van der Waals surface area contributed by atoms with Crippen LogP contribution in [0, 0.1) is 23.3 Å². The van der Waals surface area contributed by atoms with E-state index in [1.165, 1.54) is 30.3 Å². The van der Waals surface area contributed by atoms with Crippen molar-refractivity contribution in [3.8, 4) is 11.4 Å². The van der Waals surface area contributed by atoms with Crippen LogP contribution in [0.1, 0.15) is 0 Å². The maximum Gasteiger partial charge on any atom is 0.194 e. The van der Waals surface area contributed by atoms with E-state index >= 15 is 0 Å². The minimum atomic E-state index is -1.56. The van der Waals surface area contributed by atoms with Crippen molar-refractivity contribution in [2.45, 2.75) is 0 Å². The standard InChI is InChI=1S/C16H8ClF4N3/c17-13-7-14(22-10-5-11(19)15(21)12(20)6-10)24-16(23-13)8-1-3-9(18)4-2-8/h1-7H,(H,22,23,24). The summed E-state index contributed by atoms with van der Waals surface area (Å²) in [6, 6.07) is 8.28. The summed E-state index contributed by atoms with van der Waals surface area (Å²) in [5.74, 6) is -4.33. The van der Waals surface area contributed by atoms with Crippen LogP contribution in [0.5, 0.6) is 0 Å². The number of hydrogen-bond donors (Lipinski definition) is 1. The first kappa shape index (κ1) is 16.2. The van der Waals surface area contributed by atoms with Gasteiger partial charge in [0.15, 0.2) is 23.3 Å². The van der Waals surface area contributed by atoms with E-state index in [0.29, 0.717) is 5.56 Å². The molecule has 0 aliphatic heterocycles. The van der Waals surface area contributed by atoms with E-state index in [-0.39, 0.29) is 22.5 Å². The fourth-order valence-electron chi connectivity index (χ4n) is 1.99. The molecule has 122 valence electrons. The normalized spacial score (nSPS) is 10.7. The van der Waals surface area contributed by atoms with E-state index in [4.69, 9.17) is 11.6 Å². The summed E-state index contributed by atoms with van der Waals surface area (Å²) < 4.78 is 52.5. The smallest absolute Gasteiger partial charge is 0.194 e. The quantitative estimate of drug-likeness (QED) is 0.404. The molecule has 1 N–H and O–H groups in total. The summed E-state index contributed by atoms with van der Waals surface area (Å²) in [5, 5.41) is 2.68. The van der Waals surface area contributed by atoms with Gasteiger partial charge >= 0.3 is 0 Å². The van der Waals surface area contributed by atoms with Gasteiger partial charge in [-0.1, -0.05) is 11.6 Å². The fourth-order valence-corrected chi connectivity index (χ4v) is 2.17. The number of rotatable bonds is 3. The van der Waals surface area contributed by atoms with Gasteiger partial charge in [0.25, 0.3) is 0 Å². The van der Waals surface area contributed by atoms with Crippen molar-refractivity contribution in [2.24, 2.45) is 0 Å². The second-order valence-electron chi connectivity index (χ2n) is 4.79. The summed E-state index contributed by atoms with van der Waals surface area (Å²) >= 11 is 5.91. The predicted molar refractivity (Wildman–Crippen MR) is 82.0 cm³/mol. The zero-order chi connectivity index (χ0) is 17.3. The molecule has 0 bridgehead atoms. The molecule has 0 amide bonds. The largest absolute Gasteiger partial charge is 0.340 e. The molecule has 1 heterocycles. The second kappa shape index (κ2) is 6.45. The Morgan fingerprint density at radius 3 is 2.08 bits per heavy atom. The Morgan fingerprint density at radius 2 is 1.46 bits per heavy atom. The van der Waals surface area contributed by atoms with Crippen LogP contribution < -0.4 is 5.32 Å². The molecule has 0 unspecified atom stereocenters. The highest BCUT2D eigenvalue weighted by atomic mass is 35.5. The lowest BCUT2D eigenvalue weighted by molar-refractivity contribution is 0.448. The van der Waals surface area contributed by atoms with Crippen molar-refractivity contribution in [1.82, 2.24) is 9.97 Å². The molecule has 0 spiro atoms. The highest BCUT2D eigenvalue weighted by Gasteiger charge is 2.12.